The Kier molecular flexibility index (Phi) is 7.42. The molecule has 1 aromatic carbocycles. The fraction of sp³-hybridized carbons (Fsp3) is 0.500. The Hall–Kier alpha value is -3.07. The highest BCUT2D eigenvalue weighted by Crippen LogP contribution is 2.31. The van der Waals surface area contributed by atoms with E-state index in [1.807, 2.05) is 6.07 Å². The third-order valence-corrected chi connectivity index (χ3v) is 7.53. The zero-order valence-corrected chi connectivity index (χ0v) is 21.1. The maximum Gasteiger partial charge on any atom is 0.433 e. The number of carbonyl (C=O) groups is 1. The number of piperidine rings is 1. The van der Waals surface area contributed by atoms with Crippen LogP contribution in [-0.2, 0) is 6.18 Å². The third kappa shape index (κ3) is 5.76. The number of alkyl halides is 3. The summed E-state index contributed by atoms with van der Waals surface area (Å²) < 4.78 is 47.0. The number of hydrogen-bond donors (Lipinski definition) is 0. The number of nitrogens with zero attached hydrogens (tertiary/aromatic N) is 4. The summed E-state index contributed by atoms with van der Waals surface area (Å²) >= 11 is 0. The molecule has 2 saturated heterocycles. The molecule has 0 N–H and O–H groups in total. The first kappa shape index (κ1) is 25.6. The van der Waals surface area contributed by atoms with Crippen LogP contribution in [0, 0.1) is 6.92 Å². The zero-order chi connectivity index (χ0) is 26.0. The molecule has 2 aliphatic rings. The van der Waals surface area contributed by atoms with Gasteiger partial charge >= 0.3 is 6.18 Å². The molecule has 0 saturated carbocycles. The van der Waals surface area contributed by atoms with Gasteiger partial charge in [-0.3, -0.25) is 4.79 Å². The predicted octanol–water partition coefficient (Wildman–Crippen LogP) is 5.71. The second-order valence-electron chi connectivity index (χ2n) is 10.0. The molecule has 9 heteroatoms. The first-order valence-electron chi connectivity index (χ1n) is 13.1. The van der Waals surface area contributed by atoms with Gasteiger partial charge in [0.05, 0.1) is 17.9 Å². The fourth-order valence-electron chi connectivity index (χ4n) is 5.50. The van der Waals surface area contributed by atoms with Crippen LogP contribution in [0.5, 0.6) is 5.75 Å². The van der Waals surface area contributed by atoms with Gasteiger partial charge in [-0.1, -0.05) is 0 Å². The number of rotatable bonds is 7. The minimum absolute atomic E-state index is 0.104. The van der Waals surface area contributed by atoms with Crippen molar-refractivity contribution in [3.8, 4) is 5.75 Å². The molecule has 2 fully saturated rings. The molecule has 0 aliphatic carbocycles. The molecule has 5 rings (SSSR count). The van der Waals surface area contributed by atoms with E-state index in [0.29, 0.717) is 19.7 Å². The maximum atomic E-state index is 13.0. The Morgan fingerprint density at radius 2 is 1.81 bits per heavy atom. The van der Waals surface area contributed by atoms with Crippen molar-refractivity contribution in [1.82, 2.24) is 19.4 Å². The van der Waals surface area contributed by atoms with Crippen molar-refractivity contribution in [3.05, 3.63) is 59.5 Å². The molecule has 0 unspecified atom stereocenters. The number of aromatic nitrogens is 2. The topological polar surface area (TPSA) is 50.6 Å². The monoisotopic (exact) mass is 514 g/mol. The summed E-state index contributed by atoms with van der Waals surface area (Å²) in [6.07, 6.45) is 2.76. The summed E-state index contributed by atoms with van der Waals surface area (Å²) in [7, 11) is 0. The summed E-state index contributed by atoms with van der Waals surface area (Å²) in [6, 6.07) is 10.7. The van der Waals surface area contributed by atoms with E-state index < -0.39 is 11.9 Å². The molecule has 2 aliphatic heterocycles. The van der Waals surface area contributed by atoms with Crippen LogP contribution in [0.25, 0.3) is 10.9 Å². The van der Waals surface area contributed by atoms with Crippen LogP contribution in [0.3, 0.4) is 0 Å². The van der Waals surface area contributed by atoms with Crippen molar-refractivity contribution < 1.29 is 22.7 Å². The van der Waals surface area contributed by atoms with E-state index in [4.69, 9.17) is 4.74 Å². The van der Waals surface area contributed by atoms with Crippen molar-refractivity contribution in [3.63, 3.8) is 0 Å². The fourth-order valence-corrected chi connectivity index (χ4v) is 5.50. The molecule has 3 aromatic rings. The van der Waals surface area contributed by atoms with E-state index in [1.165, 1.54) is 38.9 Å². The zero-order valence-electron chi connectivity index (χ0n) is 21.1. The van der Waals surface area contributed by atoms with E-state index in [1.54, 1.807) is 4.90 Å². The second kappa shape index (κ2) is 10.7. The van der Waals surface area contributed by atoms with Crippen LogP contribution in [-0.4, -0.2) is 64.6 Å². The molecular formula is C28H33F3N4O2. The van der Waals surface area contributed by atoms with Crippen LogP contribution >= 0.6 is 0 Å². The number of ether oxygens (including phenoxy) is 1. The van der Waals surface area contributed by atoms with Gasteiger partial charge < -0.3 is 19.1 Å². The van der Waals surface area contributed by atoms with Crippen LogP contribution < -0.4 is 4.74 Å². The summed E-state index contributed by atoms with van der Waals surface area (Å²) in [5, 5.41) is 1.13. The van der Waals surface area contributed by atoms with Gasteiger partial charge in [0.2, 0.25) is 0 Å². The maximum absolute atomic E-state index is 13.0. The molecule has 2 aromatic heterocycles. The smallest absolute Gasteiger partial charge is 0.433 e. The highest BCUT2D eigenvalue weighted by molar-refractivity contribution is 5.95. The summed E-state index contributed by atoms with van der Waals surface area (Å²) in [5.41, 5.74) is 0.491. The number of likely N-dealkylation sites (tertiary alicyclic amines) is 2. The number of hydrogen-bond acceptors (Lipinski definition) is 4. The van der Waals surface area contributed by atoms with Crippen molar-refractivity contribution in [2.24, 2.45) is 0 Å². The molecule has 0 bridgehead atoms. The first-order chi connectivity index (χ1) is 17.8. The van der Waals surface area contributed by atoms with Gasteiger partial charge in [0.25, 0.3) is 5.91 Å². The predicted molar refractivity (Wildman–Crippen MR) is 136 cm³/mol. The Morgan fingerprint density at radius 1 is 1.05 bits per heavy atom. The molecule has 198 valence electrons. The highest BCUT2D eigenvalue weighted by atomic mass is 19.4. The van der Waals surface area contributed by atoms with E-state index in [9.17, 15) is 18.0 Å². The van der Waals surface area contributed by atoms with Crippen molar-refractivity contribution in [1.29, 1.82) is 0 Å². The minimum atomic E-state index is -4.52. The number of carbonyl (C=O) groups excluding carboxylic acids is 1. The lowest BCUT2D eigenvalue weighted by Gasteiger charge is -2.33. The van der Waals surface area contributed by atoms with Gasteiger partial charge in [0.1, 0.15) is 11.4 Å². The molecule has 1 amide bonds. The van der Waals surface area contributed by atoms with Gasteiger partial charge in [0.15, 0.2) is 0 Å². The molecule has 0 radical (unpaired) electrons. The van der Waals surface area contributed by atoms with Crippen molar-refractivity contribution >= 4 is 16.8 Å². The average molecular weight is 515 g/mol. The summed E-state index contributed by atoms with van der Waals surface area (Å²) in [6.45, 7) is 6.76. The quantitative estimate of drug-likeness (QED) is 0.379. The van der Waals surface area contributed by atoms with Gasteiger partial charge in [-0.2, -0.15) is 13.2 Å². The molecule has 37 heavy (non-hydrogen) atoms. The number of fused-ring (bicyclic) bond motifs is 1. The van der Waals surface area contributed by atoms with E-state index in [2.05, 4.69) is 38.8 Å². The van der Waals surface area contributed by atoms with Crippen LogP contribution in [0.4, 0.5) is 13.2 Å². The van der Waals surface area contributed by atoms with Gasteiger partial charge in [0, 0.05) is 42.8 Å². The first-order valence-corrected chi connectivity index (χ1v) is 13.1. The largest absolute Gasteiger partial charge is 0.494 e. The van der Waals surface area contributed by atoms with Crippen LogP contribution in [0.15, 0.2) is 42.6 Å². The Bertz CT molecular complexity index is 1240. The molecule has 6 nitrogen and oxygen atoms in total. The lowest BCUT2D eigenvalue weighted by Crippen LogP contribution is -2.39. The van der Waals surface area contributed by atoms with Crippen molar-refractivity contribution in [2.75, 3.05) is 39.3 Å². The number of benzene rings is 1. The van der Waals surface area contributed by atoms with E-state index in [0.717, 1.165) is 48.5 Å². The highest BCUT2D eigenvalue weighted by Gasteiger charge is 2.34. The second-order valence-corrected chi connectivity index (χ2v) is 10.0. The average Bonchev–Trinajstić information content (AvgIpc) is 3.55. The standard InChI is InChI=1S/C28H33F3N4O2/c1-20-24(6-8-26(32-20)28(29,30)31)27(36)34-15-10-22(11-16-34)35-17-9-21-19-23(5-7-25(21)35)37-18-4-14-33-12-2-3-13-33/h5-9,17,19,22H,2-4,10-16,18H2,1H3. The number of pyridine rings is 1. The molecule has 0 spiro atoms. The molecule has 0 atom stereocenters. The normalized spacial score (nSPS) is 17.6. The van der Waals surface area contributed by atoms with Gasteiger partial charge in [-0.15, -0.1) is 0 Å². The Balaban J connectivity index is 1.17. The van der Waals surface area contributed by atoms with E-state index >= 15 is 0 Å². The molecule has 4 heterocycles. The summed E-state index contributed by atoms with van der Waals surface area (Å²) in [5.74, 6) is 0.619. The van der Waals surface area contributed by atoms with Crippen molar-refractivity contribution in [2.45, 2.75) is 51.2 Å². The Morgan fingerprint density at radius 3 is 2.51 bits per heavy atom. The number of amides is 1. The van der Waals surface area contributed by atoms with E-state index in [-0.39, 0.29) is 23.2 Å². The van der Waals surface area contributed by atoms with Gasteiger partial charge in [-0.05, 0) is 88.5 Å². The summed E-state index contributed by atoms with van der Waals surface area (Å²) in [4.78, 5) is 20.8. The Labute approximate surface area is 215 Å². The molecular weight excluding hydrogens is 481 g/mol. The lowest BCUT2D eigenvalue weighted by atomic mass is 10.0. The lowest BCUT2D eigenvalue weighted by molar-refractivity contribution is -0.141. The van der Waals surface area contributed by atoms with Gasteiger partial charge in [-0.25, -0.2) is 4.98 Å². The number of aryl methyl sites for hydroxylation is 1. The minimum Gasteiger partial charge on any atom is -0.494 e. The SMILES string of the molecule is Cc1nc(C(F)(F)F)ccc1C(=O)N1CCC(n2ccc3cc(OCCCN4CCCC4)ccc32)CC1. The van der Waals surface area contributed by atoms with Crippen LogP contribution in [0.2, 0.25) is 0 Å². The third-order valence-electron chi connectivity index (χ3n) is 7.53. The van der Waals surface area contributed by atoms with Crippen LogP contribution in [0.1, 0.15) is 59.9 Å². The number of halogens is 3.